The summed E-state index contributed by atoms with van der Waals surface area (Å²) in [6, 6.07) is 19.0. The van der Waals surface area contributed by atoms with E-state index in [2.05, 4.69) is 46.9 Å². The molecule has 0 heterocycles. The third-order valence-electron chi connectivity index (χ3n) is 5.06. The van der Waals surface area contributed by atoms with E-state index in [0.717, 1.165) is 21.9 Å². The van der Waals surface area contributed by atoms with Gasteiger partial charge in [-0.2, -0.15) is 11.1 Å². The maximum absolute atomic E-state index is 13.2. The normalized spacial score (nSPS) is 14.4. The SMILES string of the molecule is CC1=[C-]C(C)C(C)=C1C.C[Si](C)=[Zr+2].Cl.Cl.Fc1ccc2[cH-]cc(-c3ccccc3)c2c1. The molecule has 164 valence electrons. The standard InChI is InChI=1S/C15H10F.C9H13.C2H6Si.2ClH.Zr/c16-13-8-6-12-7-9-14(15(12)10-13)11-4-2-1-3-5-11;1-6-5-7(2)9(4)8(6)3;1-3-2;;;/h1-10H;6H,1-4H3;1-2H3;2*1H;/q2*-1;;;;+2. The number of allylic oxidation sites excluding steroid dienone is 4. The zero-order chi connectivity index (χ0) is 21.6. The van der Waals surface area contributed by atoms with Crippen molar-refractivity contribution in [2.45, 2.75) is 40.8 Å². The predicted molar refractivity (Wildman–Crippen MR) is 137 cm³/mol. The third-order valence-corrected chi connectivity index (χ3v) is 5.06. The third kappa shape index (κ3) is 8.89. The van der Waals surface area contributed by atoms with Crippen LogP contribution in [0.25, 0.3) is 21.9 Å². The Hall–Kier alpha value is -0.860. The minimum atomic E-state index is -0.184. The molecule has 1 aliphatic carbocycles. The Kier molecular flexibility index (Phi) is 13.9. The van der Waals surface area contributed by atoms with Crippen LogP contribution in [-0.4, -0.2) is 5.43 Å². The van der Waals surface area contributed by atoms with Gasteiger partial charge < -0.3 is 0 Å². The molecule has 0 aromatic heterocycles. The van der Waals surface area contributed by atoms with Gasteiger partial charge in [0, 0.05) is 0 Å². The average Bonchev–Trinajstić information content (AvgIpc) is 3.19. The number of hydrogen-bond donors (Lipinski definition) is 0. The molecule has 31 heavy (non-hydrogen) atoms. The first-order valence-corrected chi connectivity index (χ1v) is 16.1. The molecular formula is C26H31Cl2FSiZr. The predicted octanol–water partition coefficient (Wildman–Crippen LogP) is 8.71. The van der Waals surface area contributed by atoms with E-state index in [9.17, 15) is 4.39 Å². The Balaban J connectivity index is 0.000000516. The van der Waals surface area contributed by atoms with E-state index in [1.54, 1.807) is 29.4 Å². The number of halogens is 3. The van der Waals surface area contributed by atoms with E-state index in [1.165, 1.54) is 22.8 Å². The van der Waals surface area contributed by atoms with Crippen molar-refractivity contribution >= 4 is 41.0 Å². The van der Waals surface area contributed by atoms with Gasteiger partial charge in [0.2, 0.25) is 0 Å². The van der Waals surface area contributed by atoms with Crippen molar-refractivity contribution in [3.8, 4) is 11.1 Å². The maximum atomic E-state index is 13.2. The van der Waals surface area contributed by atoms with E-state index in [4.69, 9.17) is 0 Å². The average molecular weight is 553 g/mol. The van der Waals surface area contributed by atoms with Gasteiger partial charge in [-0.1, -0.05) is 74.7 Å². The van der Waals surface area contributed by atoms with Gasteiger partial charge in [-0.25, -0.2) is 9.96 Å². The molecule has 4 rings (SSSR count). The Morgan fingerprint density at radius 3 is 2.03 bits per heavy atom. The van der Waals surface area contributed by atoms with Crippen LogP contribution >= 0.6 is 24.8 Å². The zero-order valence-electron chi connectivity index (χ0n) is 19.0. The summed E-state index contributed by atoms with van der Waals surface area (Å²) in [5.74, 6) is 0.376. The van der Waals surface area contributed by atoms with Crippen LogP contribution in [0.4, 0.5) is 4.39 Å². The fourth-order valence-electron chi connectivity index (χ4n) is 3.20. The van der Waals surface area contributed by atoms with Crippen molar-refractivity contribution < 1.29 is 27.7 Å². The van der Waals surface area contributed by atoms with Gasteiger partial charge in [-0.3, -0.25) is 6.08 Å². The van der Waals surface area contributed by atoms with Crippen LogP contribution in [0.3, 0.4) is 0 Å². The molecule has 0 saturated carbocycles. The molecule has 0 N–H and O–H groups in total. The topological polar surface area (TPSA) is 0 Å². The van der Waals surface area contributed by atoms with Gasteiger partial charge in [0.25, 0.3) is 0 Å². The first-order valence-electron chi connectivity index (χ1n) is 9.90. The van der Waals surface area contributed by atoms with Crippen LogP contribution in [0, 0.1) is 17.8 Å². The largest absolute Gasteiger partial charge is 0.209 e. The Morgan fingerprint density at radius 2 is 1.58 bits per heavy atom. The molecule has 0 spiro atoms. The van der Waals surface area contributed by atoms with Crippen LogP contribution in [0.1, 0.15) is 27.7 Å². The fourth-order valence-corrected chi connectivity index (χ4v) is 3.20. The van der Waals surface area contributed by atoms with Crippen LogP contribution in [-0.2, 0) is 23.3 Å². The first-order chi connectivity index (χ1) is 13.7. The van der Waals surface area contributed by atoms with Gasteiger partial charge in [0.1, 0.15) is 5.82 Å². The Bertz CT molecular complexity index is 1050. The van der Waals surface area contributed by atoms with Crippen LogP contribution < -0.4 is 0 Å². The molecule has 0 radical (unpaired) electrons. The number of rotatable bonds is 1. The Labute approximate surface area is 214 Å². The molecule has 0 aliphatic heterocycles. The molecule has 3 aromatic carbocycles. The summed E-state index contributed by atoms with van der Waals surface area (Å²) in [4.78, 5) is 0. The van der Waals surface area contributed by atoms with E-state index in [1.807, 2.05) is 48.5 Å². The summed E-state index contributed by atoms with van der Waals surface area (Å²) < 4.78 is 13.2. The van der Waals surface area contributed by atoms with E-state index in [-0.39, 0.29) is 36.1 Å². The van der Waals surface area contributed by atoms with Gasteiger partial charge in [-0.15, -0.1) is 66.3 Å². The molecule has 3 aromatic rings. The van der Waals surface area contributed by atoms with E-state index in [0.29, 0.717) is 5.92 Å². The molecule has 0 nitrogen and oxygen atoms in total. The van der Waals surface area contributed by atoms with Crippen molar-refractivity contribution in [2.75, 3.05) is 0 Å². The summed E-state index contributed by atoms with van der Waals surface area (Å²) >= 11 is 1.74. The van der Waals surface area contributed by atoms with Crippen molar-refractivity contribution in [1.82, 2.24) is 0 Å². The quantitative estimate of drug-likeness (QED) is 0.209. The Morgan fingerprint density at radius 1 is 1.00 bits per heavy atom. The molecule has 1 unspecified atom stereocenters. The van der Waals surface area contributed by atoms with Gasteiger partial charge in [-0.05, 0) is 0 Å². The number of hydrogen-bond acceptors (Lipinski definition) is 0. The van der Waals surface area contributed by atoms with Gasteiger partial charge in [0.15, 0.2) is 0 Å². The van der Waals surface area contributed by atoms with Crippen molar-refractivity contribution in [2.24, 2.45) is 5.92 Å². The fraction of sp³-hybridized carbons (Fsp3) is 0.269. The summed E-state index contributed by atoms with van der Waals surface area (Å²) in [7, 11) is 0. The number of fused-ring (bicyclic) bond motifs is 1. The second-order valence-electron chi connectivity index (χ2n) is 7.64. The maximum Gasteiger partial charge on any atom is 0.104 e. The van der Waals surface area contributed by atoms with Crippen LogP contribution in [0.15, 0.2) is 77.4 Å². The van der Waals surface area contributed by atoms with E-state index < -0.39 is 0 Å². The van der Waals surface area contributed by atoms with Crippen molar-refractivity contribution in [3.63, 3.8) is 0 Å². The summed E-state index contributed by atoms with van der Waals surface area (Å²) in [6.07, 6.45) is 3.36. The minimum Gasteiger partial charge on any atom is -0.209 e. The zero-order valence-corrected chi connectivity index (χ0v) is 24.1. The molecule has 0 fully saturated rings. The molecule has 0 saturated heterocycles. The molecule has 0 amide bonds. The van der Waals surface area contributed by atoms with E-state index >= 15 is 0 Å². The second kappa shape index (κ2) is 14.3. The smallest absolute Gasteiger partial charge is 0.104 e. The molecule has 1 aliphatic rings. The van der Waals surface area contributed by atoms with Gasteiger partial charge in [0.05, 0.1) is 0 Å². The molecule has 5 heteroatoms. The summed E-state index contributed by atoms with van der Waals surface area (Å²) in [5.41, 5.74) is 6.68. The van der Waals surface area contributed by atoms with Gasteiger partial charge >= 0.3 is 41.9 Å². The molecule has 1 atom stereocenters. The van der Waals surface area contributed by atoms with Crippen molar-refractivity contribution in [1.29, 1.82) is 0 Å². The molecular weight excluding hydrogens is 522 g/mol. The van der Waals surface area contributed by atoms with Crippen molar-refractivity contribution in [3.05, 3.63) is 89.3 Å². The summed E-state index contributed by atoms with van der Waals surface area (Å²) in [5, 5.41) is 2.06. The molecule has 0 bridgehead atoms. The summed E-state index contributed by atoms with van der Waals surface area (Å²) in [6.45, 7) is 13.3. The van der Waals surface area contributed by atoms with Crippen LogP contribution in [0.2, 0.25) is 13.1 Å². The minimum absolute atomic E-state index is 0. The van der Waals surface area contributed by atoms with Crippen LogP contribution in [0.5, 0.6) is 0 Å². The number of benzene rings is 2. The second-order valence-corrected chi connectivity index (χ2v) is 17.0. The monoisotopic (exact) mass is 550 g/mol. The first kappa shape index (κ1) is 30.1.